The van der Waals surface area contributed by atoms with Crippen LogP contribution in [0, 0.1) is 0 Å². The quantitative estimate of drug-likeness (QED) is 0.643. The van der Waals surface area contributed by atoms with Crippen molar-refractivity contribution in [1.82, 2.24) is 9.97 Å². The van der Waals surface area contributed by atoms with Gasteiger partial charge in [0, 0.05) is 12.6 Å². The van der Waals surface area contributed by atoms with E-state index in [1.807, 2.05) is 6.92 Å². The Labute approximate surface area is 83.4 Å². The molecule has 0 spiro atoms. The molecule has 1 aromatic heterocycles. The molecule has 0 bridgehead atoms. The van der Waals surface area contributed by atoms with Crippen molar-refractivity contribution in [2.75, 3.05) is 17.7 Å². The third-order valence-electron chi connectivity index (χ3n) is 1.98. The van der Waals surface area contributed by atoms with E-state index in [1.54, 1.807) is 6.20 Å². The molecule has 0 aliphatic rings. The molecule has 1 unspecified atom stereocenters. The molecule has 4 N–H and O–H groups in total. The summed E-state index contributed by atoms with van der Waals surface area (Å²) in [6.45, 7) is 2.22. The molecule has 1 rings (SSSR count). The third-order valence-corrected chi connectivity index (χ3v) is 1.98. The van der Waals surface area contributed by atoms with Crippen molar-refractivity contribution < 1.29 is 5.11 Å². The fourth-order valence-corrected chi connectivity index (χ4v) is 1.19. The van der Waals surface area contributed by atoms with Gasteiger partial charge in [-0.1, -0.05) is 6.92 Å². The lowest BCUT2D eigenvalue weighted by molar-refractivity contribution is 0.278. The van der Waals surface area contributed by atoms with Gasteiger partial charge in [-0.15, -0.1) is 0 Å². The van der Waals surface area contributed by atoms with E-state index < -0.39 is 0 Å². The van der Waals surface area contributed by atoms with Crippen molar-refractivity contribution in [3.05, 3.63) is 12.4 Å². The Morgan fingerprint density at radius 1 is 1.57 bits per heavy atom. The van der Waals surface area contributed by atoms with Crippen LogP contribution in [-0.2, 0) is 0 Å². The molecular weight excluding hydrogens is 180 g/mol. The van der Waals surface area contributed by atoms with E-state index in [0.29, 0.717) is 18.1 Å². The predicted octanol–water partition coefficient (Wildman–Crippen LogP) is 0.632. The summed E-state index contributed by atoms with van der Waals surface area (Å²) >= 11 is 0. The molecule has 0 aliphatic heterocycles. The summed E-state index contributed by atoms with van der Waals surface area (Å²) in [4.78, 5) is 7.98. The Bertz CT molecular complexity index is 279. The van der Waals surface area contributed by atoms with Crippen molar-refractivity contribution in [1.29, 1.82) is 0 Å². The predicted molar refractivity (Wildman–Crippen MR) is 55.8 cm³/mol. The van der Waals surface area contributed by atoms with Gasteiger partial charge >= 0.3 is 0 Å². The van der Waals surface area contributed by atoms with Crippen LogP contribution in [-0.4, -0.2) is 27.7 Å². The van der Waals surface area contributed by atoms with E-state index in [-0.39, 0.29) is 12.6 Å². The minimum absolute atomic E-state index is 0.168. The number of aliphatic hydroxyl groups excluding tert-OH is 1. The zero-order valence-electron chi connectivity index (χ0n) is 8.27. The van der Waals surface area contributed by atoms with Gasteiger partial charge in [-0.05, 0) is 12.8 Å². The molecule has 14 heavy (non-hydrogen) atoms. The monoisotopic (exact) mass is 196 g/mol. The zero-order chi connectivity index (χ0) is 10.4. The minimum Gasteiger partial charge on any atom is -0.396 e. The van der Waals surface area contributed by atoms with Gasteiger partial charge in [-0.25, -0.2) is 4.98 Å². The number of hydrogen-bond acceptors (Lipinski definition) is 5. The topological polar surface area (TPSA) is 84.1 Å². The second-order valence-electron chi connectivity index (χ2n) is 3.09. The summed E-state index contributed by atoms with van der Waals surface area (Å²) in [6.07, 6.45) is 4.75. The SMILES string of the molecule is CCC(CCO)Nc1cncc(N)n1. The molecule has 0 amide bonds. The van der Waals surface area contributed by atoms with Crippen LogP contribution in [0.15, 0.2) is 12.4 Å². The summed E-state index contributed by atoms with van der Waals surface area (Å²) in [7, 11) is 0. The Morgan fingerprint density at radius 2 is 2.36 bits per heavy atom. The highest BCUT2D eigenvalue weighted by Crippen LogP contribution is 2.08. The van der Waals surface area contributed by atoms with Crippen LogP contribution in [0.1, 0.15) is 19.8 Å². The van der Waals surface area contributed by atoms with Gasteiger partial charge in [0.2, 0.25) is 0 Å². The van der Waals surface area contributed by atoms with E-state index in [0.717, 1.165) is 6.42 Å². The number of hydrogen-bond donors (Lipinski definition) is 3. The van der Waals surface area contributed by atoms with Gasteiger partial charge < -0.3 is 16.2 Å². The second-order valence-corrected chi connectivity index (χ2v) is 3.09. The van der Waals surface area contributed by atoms with Gasteiger partial charge in [0.15, 0.2) is 0 Å². The first kappa shape index (κ1) is 10.7. The van der Waals surface area contributed by atoms with Crippen molar-refractivity contribution in [2.45, 2.75) is 25.8 Å². The molecule has 1 atom stereocenters. The maximum atomic E-state index is 8.80. The number of nitrogens with two attached hydrogens (primary N) is 1. The first-order valence-corrected chi connectivity index (χ1v) is 4.71. The fraction of sp³-hybridized carbons (Fsp3) is 0.556. The van der Waals surface area contributed by atoms with Gasteiger partial charge in [-0.2, -0.15) is 0 Å². The van der Waals surface area contributed by atoms with Crippen LogP contribution in [0.5, 0.6) is 0 Å². The number of anilines is 2. The van der Waals surface area contributed by atoms with Crippen LogP contribution in [0.3, 0.4) is 0 Å². The average molecular weight is 196 g/mol. The first-order chi connectivity index (χ1) is 6.76. The van der Waals surface area contributed by atoms with Crippen LogP contribution < -0.4 is 11.1 Å². The Morgan fingerprint density at radius 3 is 2.93 bits per heavy atom. The smallest absolute Gasteiger partial charge is 0.147 e. The summed E-state index contributed by atoms with van der Waals surface area (Å²) in [5.41, 5.74) is 5.49. The lowest BCUT2D eigenvalue weighted by Crippen LogP contribution is -2.20. The Balaban J connectivity index is 2.57. The molecule has 0 aliphatic carbocycles. The first-order valence-electron chi connectivity index (χ1n) is 4.71. The van der Waals surface area contributed by atoms with E-state index in [4.69, 9.17) is 10.8 Å². The maximum Gasteiger partial charge on any atom is 0.147 e. The van der Waals surface area contributed by atoms with E-state index in [9.17, 15) is 0 Å². The number of nitrogens with zero attached hydrogens (tertiary/aromatic N) is 2. The summed E-state index contributed by atoms with van der Waals surface area (Å²) in [6, 6.07) is 0.219. The number of nitrogens with one attached hydrogen (secondary N) is 1. The molecule has 0 fully saturated rings. The van der Waals surface area contributed by atoms with Crippen LogP contribution in [0.25, 0.3) is 0 Å². The summed E-state index contributed by atoms with van der Waals surface area (Å²) in [5, 5.41) is 12.0. The Hall–Kier alpha value is -1.36. The zero-order valence-corrected chi connectivity index (χ0v) is 8.27. The van der Waals surface area contributed by atoms with Crippen molar-refractivity contribution in [2.24, 2.45) is 0 Å². The standard InChI is InChI=1S/C9H16N4O/c1-2-7(3-4-14)12-9-6-11-5-8(10)13-9/h5-7,14H,2-4H2,1H3,(H3,10,12,13). The van der Waals surface area contributed by atoms with Crippen molar-refractivity contribution >= 4 is 11.6 Å². The third kappa shape index (κ3) is 3.18. The van der Waals surface area contributed by atoms with Crippen LogP contribution in [0.4, 0.5) is 11.6 Å². The lowest BCUT2D eigenvalue weighted by atomic mass is 10.1. The molecule has 5 nitrogen and oxygen atoms in total. The molecule has 1 aromatic rings. The average Bonchev–Trinajstić information content (AvgIpc) is 2.17. The van der Waals surface area contributed by atoms with Crippen LogP contribution in [0.2, 0.25) is 0 Å². The molecule has 0 aromatic carbocycles. The van der Waals surface area contributed by atoms with E-state index >= 15 is 0 Å². The minimum atomic E-state index is 0.168. The van der Waals surface area contributed by atoms with Gasteiger partial charge in [-0.3, -0.25) is 4.98 Å². The lowest BCUT2D eigenvalue weighted by Gasteiger charge is -2.15. The maximum absolute atomic E-state index is 8.80. The molecule has 5 heteroatoms. The highest BCUT2D eigenvalue weighted by atomic mass is 16.3. The van der Waals surface area contributed by atoms with E-state index in [2.05, 4.69) is 15.3 Å². The Kier molecular flexibility index (Phi) is 4.12. The highest BCUT2D eigenvalue weighted by molar-refractivity contribution is 5.39. The number of aromatic nitrogens is 2. The second kappa shape index (κ2) is 5.39. The number of rotatable bonds is 5. The van der Waals surface area contributed by atoms with Gasteiger partial charge in [0.1, 0.15) is 11.6 Å². The fourth-order valence-electron chi connectivity index (χ4n) is 1.19. The van der Waals surface area contributed by atoms with Crippen molar-refractivity contribution in [3.8, 4) is 0 Å². The van der Waals surface area contributed by atoms with Crippen molar-refractivity contribution in [3.63, 3.8) is 0 Å². The van der Waals surface area contributed by atoms with Gasteiger partial charge in [0.25, 0.3) is 0 Å². The van der Waals surface area contributed by atoms with Crippen LogP contribution >= 0.6 is 0 Å². The summed E-state index contributed by atoms with van der Waals surface area (Å²) < 4.78 is 0. The normalized spacial score (nSPS) is 12.4. The molecule has 78 valence electrons. The molecule has 0 saturated carbocycles. The van der Waals surface area contributed by atoms with E-state index in [1.165, 1.54) is 6.20 Å². The number of nitrogen functional groups attached to an aromatic ring is 1. The largest absolute Gasteiger partial charge is 0.396 e. The molecule has 0 radical (unpaired) electrons. The molecular formula is C9H16N4O. The van der Waals surface area contributed by atoms with Gasteiger partial charge in [0.05, 0.1) is 12.4 Å². The number of aliphatic hydroxyl groups is 1. The summed E-state index contributed by atoms with van der Waals surface area (Å²) in [5.74, 6) is 1.05. The molecule has 0 saturated heterocycles. The molecule has 1 heterocycles. The highest BCUT2D eigenvalue weighted by Gasteiger charge is 2.05.